The van der Waals surface area contributed by atoms with Gasteiger partial charge in [0.05, 0.1) is 21.7 Å². The molecule has 1 atom stereocenters. The molecule has 0 radical (unpaired) electrons. The molecule has 0 unspecified atom stereocenters. The van der Waals surface area contributed by atoms with Crippen molar-refractivity contribution in [3.8, 4) is 0 Å². The highest BCUT2D eigenvalue weighted by molar-refractivity contribution is 9.10. The first-order valence-corrected chi connectivity index (χ1v) is 8.16. The summed E-state index contributed by atoms with van der Waals surface area (Å²) >= 11 is 3.23. The summed E-state index contributed by atoms with van der Waals surface area (Å²) in [5, 5.41) is -0.393. The molecule has 5 nitrogen and oxygen atoms in total. The topological polar surface area (TPSA) is 67.6 Å². The second-order valence-corrected chi connectivity index (χ2v) is 7.75. The van der Waals surface area contributed by atoms with Gasteiger partial charge in [0.15, 0.2) is 9.84 Å². The third-order valence-electron chi connectivity index (χ3n) is 3.16. The molecular formula is C11H14BrNO4S. The molecule has 1 saturated heterocycles. The first-order valence-electron chi connectivity index (χ1n) is 5.65. The Hall–Kier alpha value is -0.820. The van der Waals surface area contributed by atoms with Crippen LogP contribution in [0.1, 0.15) is 23.9 Å². The smallest absolute Gasteiger partial charge is 0.290 e. The fourth-order valence-electron chi connectivity index (χ4n) is 1.86. The molecule has 1 aromatic heterocycles. The van der Waals surface area contributed by atoms with Gasteiger partial charge in [-0.15, -0.1) is 0 Å². The first-order chi connectivity index (χ1) is 8.42. The minimum absolute atomic E-state index is 0.0121. The molecule has 1 fully saturated rings. The summed E-state index contributed by atoms with van der Waals surface area (Å²) in [7, 11) is -3.08. The maximum Gasteiger partial charge on any atom is 0.290 e. The van der Waals surface area contributed by atoms with Gasteiger partial charge in [-0.05, 0) is 35.3 Å². The van der Waals surface area contributed by atoms with E-state index < -0.39 is 15.1 Å². The quantitative estimate of drug-likeness (QED) is 0.783. The van der Waals surface area contributed by atoms with Crippen molar-refractivity contribution in [2.75, 3.05) is 18.8 Å². The van der Waals surface area contributed by atoms with Crippen LogP contribution >= 0.6 is 15.9 Å². The Morgan fingerprint density at radius 2 is 2.22 bits per heavy atom. The number of amides is 1. The van der Waals surface area contributed by atoms with E-state index in [1.54, 1.807) is 13.0 Å². The van der Waals surface area contributed by atoms with Crippen LogP contribution < -0.4 is 0 Å². The zero-order chi connectivity index (χ0) is 13.3. The van der Waals surface area contributed by atoms with Crippen LogP contribution in [0, 0.1) is 0 Å². The normalized spacial score (nSPS) is 23.7. The van der Waals surface area contributed by atoms with Crippen LogP contribution in [0.5, 0.6) is 0 Å². The summed E-state index contributed by atoms with van der Waals surface area (Å²) in [5.74, 6) is -0.0313. The van der Waals surface area contributed by atoms with E-state index in [2.05, 4.69) is 15.9 Å². The number of sulfone groups is 1. The number of carbonyl (C=O) groups excluding carboxylic acids is 1. The summed E-state index contributed by atoms with van der Waals surface area (Å²) in [4.78, 5) is 13.7. The number of hydrogen-bond acceptors (Lipinski definition) is 4. The number of carbonyl (C=O) groups is 1. The van der Waals surface area contributed by atoms with Crippen molar-refractivity contribution in [2.45, 2.75) is 18.6 Å². The SMILES string of the molecule is C[C@H]1CCN(C(=O)c2occc2Br)CCS1(=O)=O. The highest BCUT2D eigenvalue weighted by atomic mass is 79.9. The molecule has 1 aliphatic heterocycles. The molecule has 0 N–H and O–H groups in total. The van der Waals surface area contributed by atoms with E-state index in [1.165, 1.54) is 11.2 Å². The second kappa shape index (κ2) is 5.05. The number of rotatable bonds is 1. The molecular weight excluding hydrogens is 322 g/mol. The van der Waals surface area contributed by atoms with Crippen LogP contribution in [-0.2, 0) is 9.84 Å². The molecule has 1 aliphatic rings. The van der Waals surface area contributed by atoms with Crippen LogP contribution in [0.4, 0.5) is 0 Å². The Kier molecular flexibility index (Phi) is 3.82. The Bertz CT molecular complexity index is 551. The number of furan rings is 1. The molecule has 2 heterocycles. The predicted octanol–water partition coefficient (Wildman–Crippen LogP) is 1.69. The monoisotopic (exact) mass is 335 g/mol. The largest absolute Gasteiger partial charge is 0.458 e. The molecule has 0 saturated carbocycles. The number of hydrogen-bond donors (Lipinski definition) is 0. The van der Waals surface area contributed by atoms with Crippen LogP contribution in [0.2, 0.25) is 0 Å². The van der Waals surface area contributed by atoms with Gasteiger partial charge in [-0.25, -0.2) is 8.42 Å². The second-order valence-electron chi connectivity index (χ2n) is 4.36. The summed E-state index contributed by atoms with van der Waals surface area (Å²) in [6, 6.07) is 1.64. The Balaban J connectivity index is 2.16. The molecule has 1 amide bonds. The van der Waals surface area contributed by atoms with Crippen molar-refractivity contribution in [3.05, 3.63) is 22.6 Å². The molecule has 18 heavy (non-hydrogen) atoms. The van der Waals surface area contributed by atoms with Crippen molar-refractivity contribution in [2.24, 2.45) is 0 Å². The maximum atomic E-state index is 12.2. The van der Waals surface area contributed by atoms with Crippen LogP contribution in [0.25, 0.3) is 0 Å². The van der Waals surface area contributed by atoms with Gasteiger partial charge in [-0.2, -0.15) is 0 Å². The summed E-state index contributed by atoms with van der Waals surface area (Å²) < 4.78 is 29.2. The van der Waals surface area contributed by atoms with Crippen molar-refractivity contribution >= 4 is 31.7 Å². The van der Waals surface area contributed by atoms with Crippen molar-refractivity contribution in [1.82, 2.24) is 4.90 Å². The Morgan fingerprint density at radius 3 is 2.83 bits per heavy atom. The van der Waals surface area contributed by atoms with E-state index in [9.17, 15) is 13.2 Å². The average Bonchev–Trinajstić information content (AvgIpc) is 2.68. The fourth-order valence-corrected chi connectivity index (χ4v) is 3.57. The lowest BCUT2D eigenvalue weighted by Gasteiger charge is -2.18. The van der Waals surface area contributed by atoms with Crippen LogP contribution in [0.15, 0.2) is 21.2 Å². The van der Waals surface area contributed by atoms with Crippen molar-refractivity contribution in [1.29, 1.82) is 0 Å². The minimum Gasteiger partial charge on any atom is -0.458 e. The third-order valence-corrected chi connectivity index (χ3v) is 6.00. The highest BCUT2D eigenvalue weighted by Gasteiger charge is 2.30. The fraction of sp³-hybridized carbons (Fsp3) is 0.545. The zero-order valence-electron chi connectivity index (χ0n) is 9.93. The molecule has 0 aliphatic carbocycles. The third kappa shape index (κ3) is 2.61. The van der Waals surface area contributed by atoms with Gasteiger partial charge >= 0.3 is 0 Å². The lowest BCUT2D eigenvalue weighted by Crippen LogP contribution is -2.33. The summed E-state index contributed by atoms with van der Waals surface area (Å²) in [6.45, 7) is 2.34. The summed E-state index contributed by atoms with van der Waals surface area (Å²) in [6.07, 6.45) is 1.89. The van der Waals surface area contributed by atoms with Gasteiger partial charge < -0.3 is 9.32 Å². The van der Waals surface area contributed by atoms with Crippen LogP contribution in [-0.4, -0.2) is 43.3 Å². The molecule has 0 bridgehead atoms. The van der Waals surface area contributed by atoms with Crippen LogP contribution in [0.3, 0.4) is 0 Å². The van der Waals surface area contributed by atoms with E-state index in [0.717, 1.165) is 0 Å². The van der Waals surface area contributed by atoms with Gasteiger partial charge in [-0.3, -0.25) is 4.79 Å². The van der Waals surface area contributed by atoms with Crippen molar-refractivity contribution < 1.29 is 17.6 Å². The van der Waals surface area contributed by atoms with Gasteiger partial charge in [-0.1, -0.05) is 0 Å². The lowest BCUT2D eigenvalue weighted by molar-refractivity contribution is 0.0734. The predicted molar refractivity (Wildman–Crippen MR) is 70.2 cm³/mol. The Morgan fingerprint density at radius 1 is 1.50 bits per heavy atom. The van der Waals surface area contributed by atoms with E-state index in [1.807, 2.05) is 0 Å². The number of nitrogens with zero attached hydrogens (tertiary/aromatic N) is 1. The van der Waals surface area contributed by atoms with Gasteiger partial charge in [0.25, 0.3) is 5.91 Å². The standard InChI is InChI=1S/C11H14BrNO4S/c1-8-2-4-13(5-7-18(8,15)16)11(14)10-9(12)3-6-17-10/h3,6,8H,2,4-5,7H2,1H3/t8-/m0/s1. The maximum absolute atomic E-state index is 12.2. The van der Waals surface area contributed by atoms with E-state index in [4.69, 9.17) is 4.42 Å². The molecule has 100 valence electrons. The molecule has 0 aromatic carbocycles. The van der Waals surface area contributed by atoms with Gasteiger partial charge in [0.1, 0.15) is 0 Å². The molecule has 0 spiro atoms. The van der Waals surface area contributed by atoms with E-state index >= 15 is 0 Å². The van der Waals surface area contributed by atoms with E-state index in [0.29, 0.717) is 17.4 Å². The summed E-state index contributed by atoms with van der Waals surface area (Å²) in [5.41, 5.74) is 0. The minimum atomic E-state index is -3.08. The van der Waals surface area contributed by atoms with Gasteiger partial charge in [0.2, 0.25) is 5.76 Å². The lowest BCUT2D eigenvalue weighted by atomic mass is 10.3. The Labute approximate surface area is 114 Å². The zero-order valence-corrected chi connectivity index (χ0v) is 12.3. The molecule has 2 rings (SSSR count). The molecule has 7 heteroatoms. The van der Waals surface area contributed by atoms with Gasteiger partial charge in [0, 0.05) is 13.1 Å². The first kappa shape index (κ1) is 13.6. The average molecular weight is 336 g/mol. The number of halogens is 1. The van der Waals surface area contributed by atoms with Crippen molar-refractivity contribution in [3.63, 3.8) is 0 Å². The highest BCUT2D eigenvalue weighted by Crippen LogP contribution is 2.21. The van der Waals surface area contributed by atoms with E-state index in [-0.39, 0.29) is 24.0 Å². The molecule has 1 aromatic rings.